The summed E-state index contributed by atoms with van der Waals surface area (Å²) in [6.45, 7) is 3.46. The molecule has 2 fully saturated rings. The number of nitrogens with one attached hydrogen (secondary N) is 1. The summed E-state index contributed by atoms with van der Waals surface area (Å²) in [6.07, 6.45) is 3.31. The zero-order chi connectivity index (χ0) is 12.6. The normalized spacial score (nSPS) is 37.7. The van der Waals surface area contributed by atoms with Gasteiger partial charge in [-0.1, -0.05) is 37.3 Å². The van der Waals surface area contributed by atoms with Gasteiger partial charge in [0.2, 0.25) is 0 Å². The molecule has 2 saturated carbocycles. The Balaban J connectivity index is 1.56. The van der Waals surface area contributed by atoms with Gasteiger partial charge in [-0.2, -0.15) is 5.26 Å². The van der Waals surface area contributed by atoms with Crippen LogP contribution in [0.4, 0.5) is 0 Å². The van der Waals surface area contributed by atoms with Gasteiger partial charge in [-0.3, -0.25) is 0 Å². The fraction of sp³-hybridized carbons (Fsp3) is 0.562. The first-order valence-electron chi connectivity index (χ1n) is 6.94. The van der Waals surface area contributed by atoms with Crippen LogP contribution in [0.25, 0.3) is 0 Å². The predicted octanol–water partition coefficient (Wildman–Crippen LogP) is 2.86. The summed E-state index contributed by atoms with van der Waals surface area (Å²) in [6, 6.07) is 13.3. The third-order valence-corrected chi connectivity index (χ3v) is 4.67. The van der Waals surface area contributed by atoms with Crippen LogP contribution in [0.5, 0.6) is 0 Å². The van der Waals surface area contributed by atoms with Gasteiger partial charge in [0.25, 0.3) is 0 Å². The first-order chi connectivity index (χ1) is 8.73. The summed E-state index contributed by atoms with van der Waals surface area (Å²) in [7, 11) is 0. The molecule has 0 bridgehead atoms. The zero-order valence-electron chi connectivity index (χ0n) is 10.9. The van der Waals surface area contributed by atoms with E-state index >= 15 is 0 Å². The van der Waals surface area contributed by atoms with E-state index in [9.17, 15) is 5.26 Å². The van der Waals surface area contributed by atoms with E-state index in [1.54, 1.807) is 0 Å². The van der Waals surface area contributed by atoms with Crippen LogP contribution in [-0.2, 0) is 5.41 Å². The molecule has 0 aromatic heterocycles. The molecular formula is C16H20N2. The largest absolute Gasteiger partial charge is 0.314 e. The third kappa shape index (κ3) is 2.04. The highest BCUT2D eigenvalue weighted by Crippen LogP contribution is 2.44. The summed E-state index contributed by atoms with van der Waals surface area (Å²) >= 11 is 0. The van der Waals surface area contributed by atoms with Crippen LogP contribution in [0.3, 0.4) is 0 Å². The average molecular weight is 240 g/mol. The molecule has 2 atom stereocenters. The molecule has 2 aliphatic carbocycles. The SMILES string of the molecule is CC1CC1CNC1CC(C#N)(c2ccccc2)C1. The quantitative estimate of drug-likeness (QED) is 0.878. The molecule has 1 N–H and O–H groups in total. The van der Waals surface area contributed by atoms with E-state index < -0.39 is 0 Å². The molecule has 2 unspecified atom stereocenters. The molecule has 0 heterocycles. The van der Waals surface area contributed by atoms with Crippen molar-refractivity contribution in [2.45, 2.75) is 37.6 Å². The highest BCUT2D eigenvalue weighted by molar-refractivity contribution is 5.36. The van der Waals surface area contributed by atoms with Crippen LogP contribution in [0.2, 0.25) is 0 Å². The van der Waals surface area contributed by atoms with Crippen molar-refractivity contribution in [2.75, 3.05) is 6.54 Å². The van der Waals surface area contributed by atoms with Crippen LogP contribution in [-0.4, -0.2) is 12.6 Å². The Hall–Kier alpha value is -1.33. The molecule has 2 nitrogen and oxygen atoms in total. The minimum atomic E-state index is -0.228. The first-order valence-corrected chi connectivity index (χ1v) is 6.94. The Morgan fingerprint density at radius 2 is 2.00 bits per heavy atom. The molecule has 3 rings (SSSR count). The summed E-state index contributed by atoms with van der Waals surface area (Å²) in [5.74, 6) is 1.80. The molecule has 94 valence electrons. The van der Waals surface area contributed by atoms with Gasteiger partial charge in [0.15, 0.2) is 0 Å². The second kappa shape index (κ2) is 4.40. The Morgan fingerprint density at radius 3 is 2.56 bits per heavy atom. The molecule has 0 aliphatic heterocycles. The third-order valence-electron chi connectivity index (χ3n) is 4.67. The van der Waals surface area contributed by atoms with Crippen LogP contribution in [0, 0.1) is 23.2 Å². The van der Waals surface area contributed by atoms with Crippen molar-refractivity contribution in [1.29, 1.82) is 5.26 Å². The van der Waals surface area contributed by atoms with Gasteiger partial charge < -0.3 is 5.32 Å². The van der Waals surface area contributed by atoms with Gasteiger partial charge in [-0.25, -0.2) is 0 Å². The van der Waals surface area contributed by atoms with E-state index in [1.807, 2.05) is 18.2 Å². The van der Waals surface area contributed by atoms with E-state index in [2.05, 4.69) is 30.4 Å². The van der Waals surface area contributed by atoms with Crippen molar-refractivity contribution in [3.63, 3.8) is 0 Å². The molecule has 0 spiro atoms. The monoisotopic (exact) mass is 240 g/mol. The lowest BCUT2D eigenvalue weighted by Gasteiger charge is -2.43. The van der Waals surface area contributed by atoms with Gasteiger partial charge in [-0.05, 0) is 43.2 Å². The molecule has 2 heteroatoms. The molecular weight excluding hydrogens is 220 g/mol. The van der Waals surface area contributed by atoms with Gasteiger partial charge in [0.1, 0.15) is 0 Å². The fourth-order valence-corrected chi connectivity index (χ4v) is 3.08. The number of hydrogen-bond donors (Lipinski definition) is 1. The van der Waals surface area contributed by atoms with Crippen molar-refractivity contribution >= 4 is 0 Å². The average Bonchev–Trinajstić information content (AvgIpc) is 3.05. The molecule has 0 radical (unpaired) electrons. The van der Waals surface area contributed by atoms with Crippen LogP contribution in [0.1, 0.15) is 31.7 Å². The number of rotatable bonds is 4. The van der Waals surface area contributed by atoms with Gasteiger partial charge in [0, 0.05) is 6.04 Å². The lowest BCUT2D eigenvalue weighted by Crippen LogP contribution is -2.51. The Bertz CT molecular complexity index is 454. The summed E-state index contributed by atoms with van der Waals surface area (Å²) < 4.78 is 0. The molecule has 1 aromatic rings. The molecule has 0 amide bonds. The molecule has 18 heavy (non-hydrogen) atoms. The number of nitrogens with zero attached hydrogens (tertiary/aromatic N) is 1. The number of nitriles is 1. The van der Waals surface area contributed by atoms with Crippen molar-refractivity contribution in [3.05, 3.63) is 35.9 Å². The summed E-state index contributed by atoms with van der Waals surface area (Å²) in [4.78, 5) is 0. The molecule has 0 saturated heterocycles. The lowest BCUT2D eigenvalue weighted by atomic mass is 9.62. The maximum Gasteiger partial charge on any atom is 0.0852 e. The van der Waals surface area contributed by atoms with E-state index in [1.165, 1.54) is 12.0 Å². The Morgan fingerprint density at radius 1 is 1.33 bits per heavy atom. The number of hydrogen-bond acceptors (Lipinski definition) is 2. The summed E-state index contributed by atoms with van der Waals surface area (Å²) in [5.41, 5.74) is 0.957. The van der Waals surface area contributed by atoms with Gasteiger partial charge >= 0.3 is 0 Å². The maximum absolute atomic E-state index is 9.46. The van der Waals surface area contributed by atoms with Crippen LogP contribution in [0.15, 0.2) is 30.3 Å². The van der Waals surface area contributed by atoms with E-state index in [-0.39, 0.29) is 5.41 Å². The van der Waals surface area contributed by atoms with E-state index in [4.69, 9.17) is 0 Å². The molecule has 2 aliphatic rings. The minimum Gasteiger partial charge on any atom is -0.314 e. The highest BCUT2D eigenvalue weighted by Gasteiger charge is 2.46. The first kappa shape index (κ1) is 11.7. The minimum absolute atomic E-state index is 0.228. The van der Waals surface area contributed by atoms with Gasteiger partial charge in [0.05, 0.1) is 11.5 Å². The maximum atomic E-state index is 9.46. The second-order valence-electron chi connectivity index (χ2n) is 6.05. The van der Waals surface area contributed by atoms with Gasteiger partial charge in [-0.15, -0.1) is 0 Å². The predicted molar refractivity (Wildman–Crippen MR) is 72.0 cm³/mol. The fourth-order valence-electron chi connectivity index (χ4n) is 3.08. The second-order valence-corrected chi connectivity index (χ2v) is 6.05. The smallest absolute Gasteiger partial charge is 0.0852 e. The van der Waals surface area contributed by atoms with Crippen molar-refractivity contribution < 1.29 is 0 Å². The topological polar surface area (TPSA) is 35.8 Å². The highest BCUT2D eigenvalue weighted by atomic mass is 14.9. The number of benzene rings is 1. The lowest BCUT2D eigenvalue weighted by molar-refractivity contribution is 0.224. The van der Waals surface area contributed by atoms with Crippen molar-refractivity contribution in [3.8, 4) is 6.07 Å². The van der Waals surface area contributed by atoms with Crippen molar-refractivity contribution in [2.24, 2.45) is 11.8 Å². The summed E-state index contributed by atoms with van der Waals surface area (Å²) in [5, 5.41) is 13.1. The van der Waals surface area contributed by atoms with Crippen molar-refractivity contribution in [1.82, 2.24) is 5.32 Å². The van der Waals surface area contributed by atoms with E-state index in [0.29, 0.717) is 6.04 Å². The molecule has 1 aromatic carbocycles. The Kier molecular flexibility index (Phi) is 2.87. The van der Waals surface area contributed by atoms with Crippen LogP contribution < -0.4 is 5.32 Å². The standard InChI is InChI=1S/C16H20N2/c1-12-7-13(12)10-18-15-8-16(9-15,11-17)14-5-3-2-4-6-14/h2-6,12-13,15,18H,7-10H2,1H3. The van der Waals surface area contributed by atoms with E-state index in [0.717, 1.165) is 31.2 Å². The van der Waals surface area contributed by atoms with Crippen LogP contribution >= 0.6 is 0 Å². The zero-order valence-corrected chi connectivity index (χ0v) is 10.9. The Labute approximate surface area is 109 Å².